The molecule has 3 heterocycles. The third-order valence-electron chi connectivity index (χ3n) is 5.32. The Kier molecular flexibility index (Phi) is 6.84. The maximum absolute atomic E-state index is 13.2. The van der Waals surface area contributed by atoms with Crippen LogP contribution in [0.2, 0.25) is 0 Å². The van der Waals surface area contributed by atoms with Gasteiger partial charge in [-0.3, -0.25) is 9.48 Å². The number of aryl methyl sites for hydroxylation is 1. The predicted molar refractivity (Wildman–Crippen MR) is 113 cm³/mol. The number of carbonyl (C=O) groups excluding carboxylic acids is 1. The summed E-state index contributed by atoms with van der Waals surface area (Å²) in [5.41, 5.74) is 3.03. The third kappa shape index (κ3) is 4.50. The van der Waals surface area contributed by atoms with Crippen LogP contribution in [0.25, 0.3) is 0 Å². The molecule has 0 saturated carbocycles. The molecule has 5 nitrogen and oxygen atoms in total. The van der Waals surface area contributed by atoms with E-state index in [-0.39, 0.29) is 24.4 Å². The summed E-state index contributed by atoms with van der Waals surface area (Å²) in [7, 11) is 0. The SMILES string of the molecule is Cc1ccc(C2CSCCN2C(=O)c2ccn(C3CCCNC3)n2)cc1.Cl. The van der Waals surface area contributed by atoms with Crippen molar-refractivity contribution in [2.24, 2.45) is 0 Å². The van der Waals surface area contributed by atoms with Gasteiger partial charge in [0.25, 0.3) is 5.91 Å². The Morgan fingerprint density at radius 2 is 2.07 bits per heavy atom. The first-order valence-electron chi connectivity index (χ1n) is 9.43. The van der Waals surface area contributed by atoms with Gasteiger partial charge in [0, 0.05) is 30.8 Å². The lowest BCUT2D eigenvalue weighted by Crippen LogP contribution is -2.41. The molecular weight excluding hydrogens is 380 g/mol. The Hall–Kier alpha value is -1.50. The highest BCUT2D eigenvalue weighted by molar-refractivity contribution is 7.99. The van der Waals surface area contributed by atoms with Gasteiger partial charge in [-0.05, 0) is 37.9 Å². The maximum Gasteiger partial charge on any atom is 0.274 e. The van der Waals surface area contributed by atoms with Crippen molar-refractivity contribution in [1.29, 1.82) is 0 Å². The number of carbonyl (C=O) groups is 1. The fraction of sp³-hybridized carbons (Fsp3) is 0.500. The van der Waals surface area contributed by atoms with Crippen LogP contribution < -0.4 is 5.32 Å². The van der Waals surface area contributed by atoms with Crippen molar-refractivity contribution in [3.63, 3.8) is 0 Å². The number of hydrogen-bond acceptors (Lipinski definition) is 4. The zero-order valence-corrected chi connectivity index (χ0v) is 17.3. The highest BCUT2D eigenvalue weighted by Gasteiger charge is 2.30. The molecule has 2 aromatic rings. The van der Waals surface area contributed by atoms with Gasteiger partial charge < -0.3 is 10.2 Å². The second kappa shape index (κ2) is 9.13. The van der Waals surface area contributed by atoms with Crippen LogP contribution in [0, 0.1) is 6.92 Å². The van der Waals surface area contributed by atoms with Crippen LogP contribution in [0.3, 0.4) is 0 Å². The van der Waals surface area contributed by atoms with E-state index in [0.717, 1.165) is 44.0 Å². The molecule has 0 radical (unpaired) electrons. The van der Waals surface area contributed by atoms with Crippen LogP contribution in [0.1, 0.15) is 46.5 Å². The molecule has 146 valence electrons. The summed E-state index contributed by atoms with van der Waals surface area (Å²) in [5, 5.41) is 8.04. The van der Waals surface area contributed by atoms with Gasteiger partial charge in [-0.2, -0.15) is 16.9 Å². The highest BCUT2D eigenvalue weighted by Crippen LogP contribution is 2.31. The van der Waals surface area contributed by atoms with E-state index < -0.39 is 0 Å². The van der Waals surface area contributed by atoms with Gasteiger partial charge in [-0.1, -0.05) is 29.8 Å². The molecule has 2 saturated heterocycles. The lowest BCUT2D eigenvalue weighted by Gasteiger charge is -2.35. The first-order chi connectivity index (χ1) is 12.7. The zero-order chi connectivity index (χ0) is 17.9. The number of benzene rings is 1. The van der Waals surface area contributed by atoms with Crippen molar-refractivity contribution >= 4 is 30.1 Å². The minimum atomic E-state index is 0. The van der Waals surface area contributed by atoms with Crippen molar-refractivity contribution < 1.29 is 4.79 Å². The van der Waals surface area contributed by atoms with E-state index in [4.69, 9.17) is 0 Å². The average Bonchev–Trinajstić information content (AvgIpc) is 3.19. The van der Waals surface area contributed by atoms with Gasteiger partial charge in [-0.15, -0.1) is 12.4 Å². The predicted octanol–water partition coefficient (Wildman–Crippen LogP) is 3.47. The largest absolute Gasteiger partial charge is 0.329 e. The van der Waals surface area contributed by atoms with E-state index in [9.17, 15) is 4.79 Å². The summed E-state index contributed by atoms with van der Waals surface area (Å²) in [6, 6.07) is 10.9. The molecule has 2 aliphatic heterocycles. The van der Waals surface area contributed by atoms with E-state index >= 15 is 0 Å². The van der Waals surface area contributed by atoms with Crippen LogP contribution in [0.4, 0.5) is 0 Å². The molecule has 0 spiro atoms. The number of thioether (sulfide) groups is 1. The molecule has 2 aliphatic rings. The number of nitrogens with one attached hydrogen (secondary N) is 1. The smallest absolute Gasteiger partial charge is 0.274 e. The van der Waals surface area contributed by atoms with Crippen LogP contribution in [0.5, 0.6) is 0 Å². The molecule has 7 heteroatoms. The van der Waals surface area contributed by atoms with Crippen molar-refractivity contribution in [1.82, 2.24) is 20.0 Å². The molecule has 2 unspecified atom stereocenters. The molecule has 2 atom stereocenters. The van der Waals surface area contributed by atoms with E-state index in [0.29, 0.717) is 11.7 Å². The second-order valence-electron chi connectivity index (χ2n) is 7.18. The summed E-state index contributed by atoms with van der Waals surface area (Å²) in [4.78, 5) is 15.2. The molecule has 0 bridgehead atoms. The molecule has 1 aromatic heterocycles. The number of rotatable bonds is 3. The topological polar surface area (TPSA) is 50.2 Å². The van der Waals surface area contributed by atoms with Crippen molar-refractivity contribution in [3.05, 3.63) is 53.3 Å². The van der Waals surface area contributed by atoms with Crippen LogP contribution in [-0.4, -0.2) is 51.7 Å². The van der Waals surface area contributed by atoms with Crippen molar-refractivity contribution in [2.45, 2.75) is 31.8 Å². The fourth-order valence-corrected chi connectivity index (χ4v) is 4.86. The van der Waals surface area contributed by atoms with Gasteiger partial charge >= 0.3 is 0 Å². The highest BCUT2D eigenvalue weighted by atomic mass is 35.5. The summed E-state index contributed by atoms with van der Waals surface area (Å²) >= 11 is 1.92. The van der Waals surface area contributed by atoms with E-state index in [1.807, 2.05) is 33.6 Å². The van der Waals surface area contributed by atoms with E-state index in [1.54, 1.807) is 0 Å². The fourth-order valence-electron chi connectivity index (χ4n) is 3.77. The number of halogens is 1. The van der Waals surface area contributed by atoms with Gasteiger partial charge in [0.1, 0.15) is 5.69 Å². The quantitative estimate of drug-likeness (QED) is 0.847. The first kappa shape index (κ1) is 20.2. The van der Waals surface area contributed by atoms with Crippen LogP contribution >= 0.6 is 24.2 Å². The lowest BCUT2D eigenvalue weighted by molar-refractivity contribution is 0.0694. The van der Waals surface area contributed by atoms with Crippen molar-refractivity contribution in [2.75, 3.05) is 31.1 Å². The number of amides is 1. The van der Waals surface area contributed by atoms with Gasteiger partial charge in [0.2, 0.25) is 0 Å². The average molecular weight is 407 g/mol. The normalized spacial score (nSPS) is 22.9. The molecule has 2 fully saturated rings. The molecule has 1 amide bonds. The van der Waals surface area contributed by atoms with E-state index in [2.05, 4.69) is 41.6 Å². The van der Waals surface area contributed by atoms with E-state index in [1.165, 1.54) is 11.1 Å². The molecule has 1 N–H and O–H groups in total. The Bertz CT molecular complexity index is 758. The Balaban J connectivity index is 0.00000210. The first-order valence-corrected chi connectivity index (χ1v) is 10.6. The van der Waals surface area contributed by atoms with Gasteiger partial charge in [0.05, 0.1) is 12.1 Å². The number of aromatic nitrogens is 2. The van der Waals surface area contributed by atoms with Crippen molar-refractivity contribution in [3.8, 4) is 0 Å². The summed E-state index contributed by atoms with van der Waals surface area (Å²) in [6.45, 7) is 4.88. The summed E-state index contributed by atoms with van der Waals surface area (Å²) in [6.07, 6.45) is 4.24. The zero-order valence-electron chi connectivity index (χ0n) is 15.6. The molecular formula is C20H27ClN4OS. The number of nitrogens with zero attached hydrogens (tertiary/aromatic N) is 3. The second-order valence-corrected chi connectivity index (χ2v) is 8.33. The molecule has 27 heavy (non-hydrogen) atoms. The Morgan fingerprint density at radius 1 is 1.26 bits per heavy atom. The third-order valence-corrected chi connectivity index (χ3v) is 6.35. The van der Waals surface area contributed by atoms with Gasteiger partial charge in [-0.25, -0.2) is 0 Å². The van der Waals surface area contributed by atoms with Gasteiger partial charge in [0.15, 0.2) is 0 Å². The molecule has 1 aromatic carbocycles. The number of piperidine rings is 1. The van der Waals surface area contributed by atoms with Crippen LogP contribution in [0.15, 0.2) is 36.5 Å². The standard InChI is InChI=1S/C20H26N4OS.ClH/c1-15-4-6-16(7-5-15)19-14-26-12-11-23(19)20(25)18-8-10-24(22-18)17-3-2-9-21-13-17;/h4-8,10,17,19,21H,2-3,9,11-14H2,1H3;1H. The molecule has 4 rings (SSSR count). The van der Waals surface area contributed by atoms with Crippen LogP contribution in [-0.2, 0) is 0 Å². The summed E-state index contributed by atoms with van der Waals surface area (Å²) in [5.74, 6) is 1.99. The minimum Gasteiger partial charge on any atom is -0.329 e. The monoisotopic (exact) mass is 406 g/mol. The number of hydrogen-bond donors (Lipinski definition) is 1. The minimum absolute atomic E-state index is 0. The lowest BCUT2D eigenvalue weighted by atomic mass is 10.0. The Morgan fingerprint density at radius 3 is 2.81 bits per heavy atom. The maximum atomic E-state index is 13.2. The molecule has 0 aliphatic carbocycles. The Labute approximate surface area is 171 Å². The summed E-state index contributed by atoms with van der Waals surface area (Å²) < 4.78 is 1.97.